The van der Waals surface area contributed by atoms with E-state index in [1.165, 1.54) is 12.1 Å². The first-order valence-corrected chi connectivity index (χ1v) is 8.07. The third-order valence-electron chi connectivity index (χ3n) is 3.29. The molecular weight excluding hydrogens is 309 g/mol. The Kier molecular flexibility index (Phi) is 7.60. The monoisotopic (exact) mass is 331 g/mol. The van der Waals surface area contributed by atoms with Gasteiger partial charge in [0.05, 0.1) is 13.2 Å². The molecule has 2 aromatic rings. The Morgan fingerprint density at radius 3 is 2.21 bits per heavy atom. The molecule has 0 unspecified atom stereocenters. The van der Waals surface area contributed by atoms with E-state index in [1.807, 2.05) is 30.3 Å². The van der Waals surface area contributed by atoms with Crippen molar-refractivity contribution in [1.82, 2.24) is 5.32 Å². The van der Waals surface area contributed by atoms with E-state index in [9.17, 15) is 9.18 Å². The number of hydrogen-bond donors (Lipinski definition) is 1. The lowest BCUT2D eigenvalue weighted by atomic mass is 10.3. The Labute approximate surface area is 141 Å². The maximum Gasteiger partial charge on any atom is 0.220 e. The average molecular weight is 331 g/mol. The summed E-state index contributed by atoms with van der Waals surface area (Å²) in [4.78, 5) is 11.7. The van der Waals surface area contributed by atoms with Crippen LogP contribution in [-0.2, 0) is 4.79 Å². The molecule has 1 N–H and O–H groups in total. The zero-order valence-corrected chi connectivity index (χ0v) is 13.5. The van der Waals surface area contributed by atoms with Crippen LogP contribution < -0.4 is 14.8 Å². The summed E-state index contributed by atoms with van der Waals surface area (Å²) in [6.45, 7) is 1.58. The fourth-order valence-corrected chi connectivity index (χ4v) is 2.05. The zero-order chi connectivity index (χ0) is 17.0. The Morgan fingerprint density at radius 2 is 1.50 bits per heavy atom. The van der Waals surface area contributed by atoms with Crippen molar-refractivity contribution < 1.29 is 18.7 Å². The van der Waals surface area contributed by atoms with Gasteiger partial charge in [-0.1, -0.05) is 18.2 Å². The fraction of sp³-hybridized carbons (Fsp3) is 0.316. The predicted octanol–water partition coefficient (Wildman–Crippen LogP) is 3.57. The van der Waals surface area contributed by atoms with Gasteiger partial charge in [-0.15, -0.1) is 0 Å². The number of carbonyl (C=O) groups is 1. The summed E-state index contributed by atoms with van der Waals surface area (Å²) in [5.74, 6) is 1.15. The number of ether oxygens (including phenoxy) is 2. The minimum Gasteiger partial charge on any atom is -0.494 e. The molecule has 2 aromatic carbocycles. The highest BCUT2D eigenvalue weighted by Gasteiger charge is 2.01. The van der Waals surface area contributed by atoms with E-state index >= 15 is 0 Å². The molecular formula is C19H22FNO3. The third-order valence-corrected chi connectivity index (χ3v) is 3.29. The number of nitrogens with one attached hydrogen (secondary N) is 1. The molecule has 24 heavy (non-hydrogen) atoms. The molecule has 0 fully saturated rings. The van der Waals surface area contributed by atoms with Crippen molar-refractivity contribution in [2.45, 2.75) is 19.3 Å². The standard InChI is InChI=1S/C19H22FNO3/c20-16-9-11-18(12-10-16)23-14-4-8-19(22)21-13-5-15-24-17-6-2-1-3-7-17/h1-3,6-7,9-12H,4-5,8,13-15H2,(H,21,22). The van der Waals surface area contributed by atoms with Crippen molar-refractivity contribution in [3.05, 3.63) is 60.4 Å². The Bertz CT molecular complexity index is 602. The molecule has 0 aliphatic rings. The summed E-state index contributed by atoms with van der Waals surface area (Å²) >= 11 is 0. The van der Waals surface area contributed by atoms with E-state index in [1.54, 1.807) is 12.1 Å². The van der Waals surface area contributed by atoms with Crippen molar-refractivity contribution in [3.63, 3.8) is 0 Å². The van der Waals surface area contributed by atoms with Crippen LogP contribution >= 0.6 is 0 Å². The SMILES string of the molecule is O=C(CCCOc1ccc(F)cc1)NCCCOc1ccccc1. The van der Waals surface area contributed by atoms with Crippen molar-refractivity contribution in [2.24, 2.45) is 0 Å². The zero-order valence-electron chi connectivity index (χ0n) is 13.5. The first-order valence-electron chi connectivity index (χ1n) is 8.07. The fourth-order valence-electron chi connectivity index (χ4n) is 2.05. The van der Waals surface area contributed by atoms with Gasteiger partial charge in [0.25, 0.3) is 0 Å². The quantitative estimate of drug-likeness (QED) is 0.677. The van der Waals surface area contributed by atoms with Crippen LogP contribution in [-0.4, -0.2) is 25.7 Å². The summed E-state index contributed by atoms with van der Waals surface area (Å²) in [6.07, 6.45) is 1.77. The Morgan fingerprint density at radius 1 is 0.875 bits per heavy atom. The van der Waals surface area contributed by atoms with Gasteiger partial charge >= 0.3 is 0 Å². The minimum atomic E-state index is -0.294. The molecule has 1 amide bonds. The van der Waals surface area contributed by atoms with E-state index in [0.29, 0.717) is 38.3 Å². The second-order valence-corrected chi connectivity index (χ2v) is 5.27. The molecule has 128 valence electrons. The second kappa shape index (κ2) is 10.3. The number of benzene rings is 2. The average Bonchev–Trinajstić information content (AvgIpc) is 2.61. The van der Waals surface area contributed by atoms with Crippen LogP contribution in [0.4, 0.5) is 4.39 Å². The Hall–Kier alpha value is -2.56. The molecule has 0 spiro atoms. The summed E-state index contributed by atoms with van der Waals surface area (Å²) < 4.78 is 23.7. The van der Waals surface area contributed by atoms with Gasteiger partial charge in [-0.05, 0) is 49.2 Å². The van der Waals surface area contributed by atoms with Crippen LogP contribution in [0, 0.1) is 5.82 Å². The van der Waals surface area contributed by atoms with Crippen LogP contribution in [0.25, 0.3) is 0 Å². The lowest BCUT2D eigenvalue weighted by Gasteiger charge is -2.08. The van der Waals surface area contributed by atoms with Crippen LogP contribution in [0.15, 0.2) is 54.6 Å². The molecule has 0 saturated carbocycles. The lowest BCUT2D eigenvalue weighted by Crippen LogP contribution is -2.25. The van der Waals surface area contributed by atoms with Crippen LogP contribution in [0.5, 0.6) is 11.5 Å². The molecule has 4 nitrogen and oxygen atoms in total. The highest BCUT2D eigenvalue weighted by atomic mass is 19.1. The summed E-state index contributed by atoms with van der Waals surface area (Å²) in [7, 11) is 0. The normalized spacial score (nSPS) is 10.2. The topological polar surface area (TPSA) is 47.6 Å². The van der Waals surface area contributed by atoms with Crippen LogP contribution in [0.2, 0.25) is 0 Å². The van der Waals surface area contributed by atoms with Crippen molar-refractivity contribution >= 4 is 5.91 Å². The summed E-state index contributed by atoms with van der Waals surface area (Å²) in [5.41, 5.74) is 0. The number of carbonyl (C=O) groups excluding carboxylic acids is 1. The first kappa shape index (κ1) is 17.8. The maximum absolute atomic E-state index is 12.7. The largest absolute Gasteiger partial charge is 0.494 e. The van der Waals surface area contributed by atoms with Gasteiger partial charge in [0.1, 0.15) is 17.3 Å². The summed E-state index contributed by atoms with van der Waals surface area (Å²) in [6, 6.07) is 15.4. The third kappa shape index (κ3) is 7.13. The molecule has 2 rings (SSSR count). The maximum atomic E-state index is 12.7. The first-order chi connectivity index (χ1) is 11.7. The highest BCUT2D eigenvalue weighted by molar-refractivity contribution is 5.75. The van der Waals surface area contributed by atoms with Crippen LogP contribution in [0.1, 0.15) is 19.3 Å². The van der Waals surface area contributed by atoms with Crippen molar-refractivity contribution in [3.8, 4) is 11.5 Å². The molecule has 0 saturated heterocycles. The number of rotatable bonds is 10. The number of amides is 1. The van der Waals surface area contributed by atoms with E-state index in [2.05, 4.69) is 5.32 Å². The highest BCUT2D eigenvalue weighted by Crippen LogP contribution is 2.11. The van der Waals surface area contributed by atoms with Gasteiger partial charge in [0.2, 0.25) is 5.91 Å². The van der Waals surface area contributed by atoms with Gasteiger partial charge in [-0.25, -0.2) is 4.39 Å². The molecule has 0 atom stereocenters. The molecule has 0 aromatic heterocycles. The molecule has 5 heteroatoms. The molecule has 0 heterocycles. The van der Waals surface area contributed by atoms with Crippen molar-refractivity contribution in [2.75, 3.05) is 19.8 Å². The minimum absolute atomic E-state index is 0.00239. The molecule has 0 aliphatic carbocycles. The number of halogens is 1. The van der Waals surface area contributed by atoms with Crippen LogP contribution in [0.3, 0.4) is 0 Å². The summed E-state index contributed by atoms with van der Waals surface area (Å²) in [5, 5.41) is 2.85. The van der Waals surface area contributed by atoms with Gasteiger partial charge in [-0.2, -0.15) is 0 Å². The van der Waals surface area contributed by atoms with Gasteiger partial charge < -0.3 is 14.8 Å². The lowest BCUT2D eigenvalue weighted by molar-refractivity contribution is -0.121. The van der Waals surface area contributed by atoms with Gasteiger partial charge in [0.15, 0.2) is 0 Å². The van der Waals surface area contributed by atoms with Gasteiger partial charge in [0, 0.05) is 13.0 Å². The van der Waals surface area contributed by atoms with E-state index in [0.717, 1.165) is 12.2 Å². The number of hydrogen-bond acceptors (Lipinski definition) is 3. The Balaban J connectivity index is 1.47. The van der Waals surface area contributed by atoms with E-state index in [-0.39, 0.29) is 11.7 Å². The molecule has 0 bridgehead atoms. The van der Waals surface area contributed by atoms with E-state index < -0.39 is 0 Å². The number of para-hydroxylation sites is 1. The predicted molar refractivity (Wildman–Crippen MR) is 90.7 cm³/mol. The molecule has 0 radical (unpaired) electrons. The smallest absolute Gasteiger partial charge is 0.220 e. The second-order valence-electron chi connectivity index (χ2n) is 5.27. The van der Waals surface area contributed by atoms with Crippen molar-refractivity contribution in [1.29, 1.82) is 0 Å². The van der Waals surface area contributed by atoms with E-state index in [4.69, 9.17) is 9.47 Å². The molecule has 0 aliphatic heterocycles. The van der Waals surface area contributed by atoms with Gasteiger partial charge in [-0.3, -0.25) is 4.79 Å².